The molecule has 2 N–H and O–H groups in total. The summed E-state index contributed by atoms with van der Waals surface area (Å²) in [5.74, 6) is 0. The highest BCUT2D eigenvalue weighted by molar-refractivity contribution is 5.85. The van der Waals surface area contributed by atoms with Gasteiger partial charge in [-0.1, -0.05) is 24.3 Å². The predicted octanol–water partition coefficient (Wildman–Crippen LogP) is 2.63. The summed E-state index contributed by atoms with van der Waals surface area (Å²) in [6.07, 6.45) is 3.73. The molecule has 4 heteroatoms. The lowest BCUT2D eigenvalue weighted by Gasteiger charge is -2.15. The number of aromatic nitrogens is 3. The van der Waals surface area contributed by atoms with Crippen LogP contribution in [0.15, 0.2) is 36.7 Å². The monoisotopic (exact) mass is 266 g/mol. The van der Waals surface area contributed by atoms with Crippen molar-refractivity contribution in [2.24, 2.45) is 12.8 Å². The Kier molecular flexibility index (Phi) is 3.03. The Morgan fingerprint density at radius 2 is 1.90 bits per heavy atom. The SMILES string of the molecule is Cc1nn(C)c(C)c1C(N)c1cncc2ccccc12. The molecule has 0 spiro atoms. The van der Waals surface area contributed by atoms with Crippen molar-refractivity contribution in [3.8, 4) is 0 Å². The molecule has 102 valence electrons. The number of pyridine rings is 1. The van der Waals surface area contributed by atoms with E-state index in [-0.39, 0.29) is 6.04 Å². The van der Waals surface area contributed by atoms with Crippen molar-refractivity contribution in [3.05, 3.63) is 59.2 Å². The molecular weight excluding hydrogens is 248 g/mol. The normalized spacial score (nSPS) is 12.8. The number of nitrogens with zero attached hydrogens (tertiary/aromatic N) is 3. The van der Waals surface area contributed by atoms with Gasteiger partial charge in [-0.3, -0.25) is 9.67 Å². The van der Waals surface area contributed by atoms with Gasteiger partial charge in [-0.2, -0.15) is 5.10 Å². The van der Waals surface area contributed by atoms with Crippen molar-refractivity contribution in [1.82, 2.24) is 14.8 Å². The maximum Gasteiger partial charge on any atom is 0.0647 e. The third-order valence-electron chi connectivity index (χ3n) is 3.91. The van der Waals surface area contributed by atoms with Crippen LogP contribution in [-0.2, 0) is 7.05 Å². The van der Waals surface area contributed by atoms with Gasteiger partial charge in [-0.05, 0) is 24.8 Å². The van der Waals surface area contributed by atoms with Crippen LogP contribution in [0, 0.1) is 13.8 Å². The second-order valence-electron chi connectivity index (χ2n) is 5.14. The van der Waals surface area contributed by atoms with E-state index in [4.69, 9.17) is 5.73 Å². The van der Waals surface area contributed by atoms with Crippen LogP contribution in [0.2, 0.25) is 0 Å². The van der Waals surface area contributed by atoms with E-state index in [1.807, 2.05) is 50.1 Å². The lowest BCUT2D eigenvalue weighted by atomic mass is 9.95. The molecule has 0 aliphatic rings. The Morgan fingerprint density at radius 3 is 2.60 bits per heavy atom. The number of hydrogen-bond donors (Lipinski definition) is 1. The molecule has 0 aliphatic heterocycles. The summed E-state index contributed by atoms with van der Waals surface area (Å²) in [6.45, 7) is 4.05. The van der Waals surface area contributed by atoms with E-state index in [9.17, 15) is 0 Å². The van der Waals surface area contributed by atoms with Crippen LogP contribution < -0.4 is 5.73 Å². The number of hydrogen-bond acceptors (Lipinski definition) is 3. The first kappa shape index (κ1) is 12.8. The average molecular weight is 266 g/mol. The lowest BCUT2D eigenvalue weighted by Crippen LogP contribution is -2.14. The molecular formula is C16H18N4. The summed E-state index contributed by atoms with van der Waals surface area (Å²) in [7, 11) is 1.94. The van der Waals surface area contributed by atoms with Crippen LogP contribution in [0.3, 0.4) is 0 Å². The topological polar surface area (TPSA) is 56.7 Å². The van der Waals surface area contributed by atoms with Gasteiger partial charge < -0.3 is 5.73 Å². The minimum atomic E-state index is -0.206. The number of nitrogens with two attached hydrogens (primary N) is 1. The van der Waals surface area contributed by atoms with E-state index >= 15 is 0 Å². The van der Waals surface area contributed by atoms with Gasteiger partial charge in [0.1, 0.15) is 0 Å². The molecule has 20 heavy (non-hydrogen) atoms. The first-order valence-corrected chi connectivity index (χ1v) is 6.68. The van der Waals surface area contributed by atoms with Crippen LogP contribution in [0.4, 0.5) is 0 Å². The van der Waals surface area contributed by atoms with Crippen LogP contribution in [-0.4, -0.2) is 14.8 Å². The van der Waals surface area contributed by atoms with Crippen LogP contribution in [0.25, 0.3) is 10.8 Å². The van der Waals surface area contributed by atoms with Gasteiger partial charge in [0.15, 0.2) is 0 Å². The molecule has 0 fully saturated rings. The number of aryl methyl sites for hydroxylation is 2. The highest BCUT2D eigenvalue weighted by Gasteiger charge is 2.20. The summed E-state index contributed by atoms with van der Waals surface area (Å²) in [6, 6.07) is 7.98. The Bertz CT molecular complexity index is 768. The molecule has 0 saturated carbocycles. The molecule has 0 radical (unpaired) electrons. The fourth-order valence-electron chi connectivity index (χ4n) is 2.78. The third-order valence-corrected chi connectivity index (χ3v) is 3.91. The summed E-state index contributed by atoms with van der Waals surface area (Å²) in [5, 5.41) is 6.71. The standard InChI is InChI=1S/C16H18N4/c1-10-15(11(2)20(3)19-10)16(17)14-9-18-8-12-6-4-5-7-13(12)14/h4-9,16H,17H2,1-3H3. The largest absolute Gasteiger partial charge is 0.320 e. The number of rotatable bonds is 2. The highest BCUT2D eigenvalue weighted by Crippen LogP contribution is 2.29. The Balaban J connectivity index is 2.20. The molecule has 2 aromatic heterocycles. The molecule has 1 atom stereocenters. The lowest BCUT2D eigenvalue weighted by molar-refractivity contribution is 0.728. The molecule has 3 aromatic rings. The molecule has 1 aromatic carbocycles. The smallest absolute Gasteiger partial charge is 0.0647 e. The quantitative estimate of drug-likeness (QED) is 0.775. The van der Waals surface area contributed by atoms with E-state index < -0.39 is 0 Å². The maximum atomic E-state index is 6.50. The zero-order valence-electron chi connectivity index (χ0n) is 12.0. The first-order valence-electron chi connectivity index (χ1n) is 6.68. The summed E-state index contributed by atoms with van der Waals surface area (Å²) in [5.41, 5.74) is 10.7. The van der Waals surface area contributed by atoms with Gasteiger partial charge in [0.05, 0.1) is 11.7 Å². The number of fused-ring (bicyclic) bond motifs is 1. The molecule has 4 nitrogen and oxygen atoms in total. The van der Waals surface area contributed by atoms with E-state index in [1.165, 1.54) is 0 Å². The summed E-state index contributed by atoms with van der Waals surface area (Å²) < 4.78 is 1.88. The second kappa shape index (κ2) is 4.72. The minimum absolute atomic E-state index is 0.206. The van der Waals surface area contributed by atoms with Crippen LogP contribution in [0.5, 0.6) is 0 Å². The van der Waals surface area contributed by atoms with Crippen molar-refractivity contribution >= 4 is 10.8 Å². The van der Waals surface area contributed by atoms with Crippen molar-refractivity contribution in [2.45, 2.75) is 19.9 Å². The van der Waals surface area contributed by atoms with Crippen LogP contribution in [0.1, 0.15) is 28.6 Å². The molecule has 1 unspecified atom stereocenters. The van der Waals surface area contributed by atoms with Gasteiger partial charge in [0, 0.05) is 36.1 Å². The zero-order valence-corrected chi connectivity index (χ0v) is 12.0. The van der Waals surface area contributed by atoms with Crippen molar-refractivity contribution in [1.29, 1.82) is 0 Å². The van der Waals surface area contributed by atoms with Crippen molar-refractivity contribution in [2.75, 3.05) is 0 Å². The van der Waals surface area contributed by atoms with E-state index in [1.54, 1.807) is 0 Å². The van der Waals surface area contributed by atoms with Crippen molar-refractivity contribution < 1.29 is 0 Å². The summed E-state index contributed by atoms with van der Waals surface area (Å²) in [4.78, 5) is 4.32. The average Bonchev–Trinajstić information content (AvgIpc) is 2.71. The van der Waals surface area contributed by atoms with E-state index in [0.717, 1.165) is 33.3 Å². The van der Waals surface area contributed by atoms with Gasteiger partial charge in [0.2, 0.25) is 0 Å². The Morgan fingerprint density at radius 1 is 1.15 bits per heavy atom. The molecule has 3 rings (SSSR count). The molecule has 0 bridgehead atoms. The minimum Gasteiger partial charge on any atom is -0.320 e. The van der Waals surface area contributed by atoms with Gasteiger partial charge >= 0.3 is 0 Å². The van der Waals surface area contributed by atoms with Crippen molar-refractivity contribution in [3.63, 3.8) is 0 Å². The maximum absolute atomic E-state index is 6.50. The molecule has 2 heterocycles. The number of benzene rings is 1. The fraction of sp³-hybridized carbons (Fsp3) is 0.250. The predicted molar refractivity (Wildman–Crippen MR) is 80.5 cm³/mol. The molecule has 0 saturated heterocycles. The Labute approximate surface area is 118 Å². The fourth-order valence-corrected chi connectivity index (χ4v) is 2.78. The third kappa shape index (κ3) is 1.89. The second-order valence-corrected chi connectivity index (χ2v) is 5.14. The molecule has 0 aliphatic carbocycles. The molecule has 0 amide bonds. The van der Waals surface area contributed by atoms with Crippen LogP contribution >= 0.6 is 0 Å². The van der Waals surface area contributed by atoms with E-state index in [0.29, 0.717) is 0 Å². The van der Waals surface area contributed by atoms with Gasteiger partial charge in [-0.25, -0.2) is 0 Å². The van der Waals surface area contributed by atoms with E-state index in [2.05, 4.69) is 22.2 Å². The highest BCUT2D eigenvalue weighted by atomic mass is 15.3. The zero-order chi connectivity index (χ0) is 14.3. The Hall–Kier alpha value is -2.20. The first-order chi connectivity index (χ1) is 9.59. The van der Waals surface area contributed by atoms with Gasteiger partial charge in [-0.15, -0.1) is 0 Å². The van der Waals surface area contributed by atoms with Gasteiger partial charge in [0.25, 0.3) is 0 Å². The summed E-state index contributed by atoms with van der Waals surface area (Å²) >= 11 is 0.